The zero-order valence-electron chi connectivity index (χ0n) is 17.1. The van der Waals surface area contributed by atoms with E-state index in [2.05, 4.69) is 5.32 Å². The van der Waals surface area contributed by atoms with Crippen molar-refractivity contribution in [3.8, 4) is 5.75 Å². The molecule has 0 unspecified atom stereocenters. The van der Waals surface area contributed by atoms with Crippen LogP contribution >= 0.6 is 0 Å². The topological polar surface area (TPSA) is 75.7 Å². The van der Waals surface area contributed by atoms with Crippen LogP contribution in [0.25, 0.3) is 0 Å². The van der Waals surface area contributed by atoms with E-state index in [1.54, 1.807) is 43.5 Å². The summed E-state index contributed by atoms with van der Waals surface area (Å²) in [5.74, 6) is 0.297. The highest BCUT2D eigenvalue weighted by Crippen LogP contribution is 2.25. The number of anilines is 1. The standard InChI is InChI=1S/C23H24N2O4S/c1-17(18-8-5-4-6-9-18)24-23(26)19-10-7-11-22(16-19)30(27,28)25(2)20-12-14-21(29-3)15-13-20/h4-17H,1-3H3,(H,24,26)/t17-/m0/s1. The number of hydrogen-bond donors (Lipinski definition) is 1. The van der Waals surface area contributed by atoms with Gasteiger partial charge in [0.25, 0.3) is 15.9 Å². The monoisotopic (exact) mass is 424 g/mol. The third kappa shape index (κ3) is 4.63. The Morgan fingerprint density at radius 1 is 0.967 bits per heavy atom. The first kappa shape index (κ1) is 21.4. The summed E-state index contributed by atoms with van der Waals surface area (Å²) >= 11 is 0. The minimum absolute atomic E-state index is 0.0424. The lowest BCUT2D eigenvalue weighted by atomic mass is 10.1. The molecule has 0 heterocycles. The lowest BCUT2D eigenvalue weighted by Gasteiger charge is -2.20. The molecule has 6 nitrogen and oxygen atoms in total. The molecule has 3 rings (SSSR count). The Hall–Kier alpha value is -3.32. The predicted molar refractivity (Wildman–Crippen MR) is 117 cm³/mol. The van der Waals surface area contributed by atoms with Gasteiger partial charge in [0, 0.05) is 12.6 Å². The van der Waals surface area contributed by atoms with Crippen molar-refractivity contribution in [3.05, 3.63) is 90.0 Å². The maximum atomic E-state index is 13.1. The Bertz CT molecular complexity index is 1110. The van der Waals surface area contributed by atoms with Crippen molar-refractivity contribution in [2.24, 2.45) is 0 Å². The summed E-state index contributed by atoms with van der Waals surface area (Å²) in [4.78, 5) is 12.7. The molecule has 0 fully saturated rings. The molecule has 0 spiro atoms. The van der Waals surface area contributed by atoms with Gasteiger partial charge in [0.2, 0.25) is 0 Å². The molecule has 7 heteroatoms. The Balaban J connectivity index is 1.81. The molecule has 3 aromatic carbocycles. The first-order chi connectivity index (χ1) is 14.3. The van der Waals surface area contributed by atoms with Crippen LogP contribution in [0.5, 0.6) is 5.75 Å². The van der Waals surface area contributed by atoms with Crippen LogP contribution in [0.4, 0.5) is 5.69 Å². The second kappa shape index (κ2) is 9.00. The van der Waals surface area contributed by atoms with Crippen molar-refractivity contribution in [2.45, 2.75) is 17.9 Å². The molecule has 1 atom stereocenters. The predicted octanol–water partition coefficient (Wildman–Crippen LogP) is 4.01. The van der Waals surface area contributed by atoms with E-state index in [-0.39, 0.29) is 22.4 Å². The van der Waals surface area contributed by atoms with Gasteiger partial charge < -0.3 is 10.1 Å². The number of nitrogens with zero attached hydrogens (tertiary/aromatic N) is 1. The van der Waals surface area contributed by atoms with Crippen molar-refractivity contribution in [1.29, 1.82) is 0 Å². The van der Waals surface area contributed by atoms with Crippen LogP contribution in [-0.4, -0.2) is 28.5 Å². The molecule has 0 aliphatic rings. The molecule has 0 aliphatic heterocycles. The summed E-state index contributed by atoms with van der Waals surface area (Å²) in [6.07, 6.45) is 0. The van der Waals surface area contributed by atoms with Crippen LogP contribution in [0.15, 0.2) is 83.8 Å². The summed E-state index contributed by atoms with van der Waals surface area (Å²) in [6.45, 7) is 1.88. The number of ether oxygens (including phenoxy) is 1. The molecule has 0 aromatic heterocycles. The Kier molecular flexibility index (Phi) is 6.42. The molecular weight excluding hydrogens is 400 g/mol. The summed E-state index contributed by atoms with van der Waals surface area (Å²) in [5, 5.41) is 2.90. The number of methoxy groups -OCH3 is 1. The van der Waals surface area contributed by atoms with Gasteiger partial charge in [-0.15, -0.1) is 0 Å². The van der Waals surface area contributed by atoms with Gasteiger partial charge in [-0.1, -0.05) is 36.4 Å². The molecule has 3 aromatic rings. The molecule has 0 radical (unpaired) electrons. The highest BCUT2D eigenvalue weighted by molar-refractivity contribution is 7.92. The van der Waals surface area contributed by atoms with Gasteiger partial charge in [-0.25, -0.2) is 8.42 Å². The lowest BCUT2D eigenvalue weighted by molar-refractivity contribution is 0.0939. The molecule has 30 heavy (non-hydrogen) atoms. The molecule has 0 bridgehead atoms. The normalized spacial score (nSPS) is 12.1. The minimum Gasteiger partial charge on any atom is -0.497 e. The van der Waals surface area contributed by atoms with Crippen LogP contribution in [0.2, 0.25) is 0 Å². The smallest absolute Gasteiger partial charge is 0.264 e. The van der Waals surface area contributed by atoms with E-state index in [0.29, 0.717) is 11.4 Å². The van der Waals surface area contributed by atoms with Gasteiger partial charge in [0.1, 0.15) is 5.75 Å². The van der Waals surface area contributed by atoms with E-state index >= 15 is 0 Å². The quantitative estimate of drug-likeness (QED) is 0.622. The lowest BCUT2D eigenvalue weighted by Crippen LogP contribution is -2.28. The van der Waals surface area contributed by atoms with Gasteiger partial charge in [-0.2, -0.15) is 0 Å². The zero-order chi connectivity index (χ0) is 21.7. The highest BCUT2D eigenvalue weighted by Gasteiger charge is 2.23. The van der Waals surface area contributed by atoms with Crippen LogP contribution in [0.1, 0.15) is 28.9 Å². The fraction of sp³-hybridized carbons (Fsp3) is 0.174. The van der Waals surface area contributed by atoms with E-state index in [0.717, 1.165) is 5.56 Å². The number of carbonyl (C=O) groups excluding carboxylic acids is 1. The number of carbonyl (C=O) groups is 1. The van der Waals surface area contributed by atoms with Gasteiger partial charge in [-0.05, 0) is 55.0 Å². The summed E-state index contributed by atoms with van der Waals surface area (Å²) in [6, 6.07) is 22.1. The fourth-order valence-corrected chi connectivity index (χ4v) is 4.23. The maximum absolute atomic E-state index is 13.1. The van der Waals surface area contributed by atoms with E-state index < -0.39 is 10.0 Å². The first-order valence-electron chi connectivity index (χ1n) is 9.42. The molecule has 156 valence electrons. The Labute approximate surface area is 177 Å². The maximum Gasteiger partial charge on any atom is 0.264 e. The zero-order valence-corrected chi connectivity index (χ0v) is 17.9. The Morgan fingerprint density at radius 3 is 2.27 bits per heavy atom. The van der Waals surface area contributed by atoms with Crippen molar-refractivity contribution in [2.75, 3.05) is 18.5 Å². The van der Waals surface area contributed by atoms with Crippen molar-refractivity contribution >= 4 is 21.6 Å². The van der Waals surface area contributed by atoms with Gasteiger partial charge in [0.05, 0.1) is 23.7 Å². The Morgan fingerprint density at radius 2 is 1.63 bits per heavy atom. The summed E-state index contributed by atoms with van der Waals surface area (Å²) in [7, 11) is -0.816. The highest BCUT2D eigenvalue weighted by atomic mass is 32.2. The van der Waals surface area contributed by atoms with E-state index in [4.69, 9.17) is 4.74 Å². The van der Waals surface area contributed by atoms with Gasteiger partial charge >= 0.3 is 0 Å². The number of hydrogen-bond acceptors (Lipinski definition) is 4. The van der Waals surface area contributed by atoms with Crippen LogP contribution in [0.3, 0.4) is 0 Å². The van der Waals surface area contributed by atoms with E-state index in [1.807, 2.05) is 37.3 Å². The number of nitrogens with one attached hydrogen (secondary N) is 1. The fourth-order valence-electron chi connectivity index (χ4n) is 2.99. The van der Waals surface area contributed by atoms with Gasteiger partial charge in [0.15, 0.2) is 0 Å². The summed E-state index contributed by atoms with van der Waals surface area (Å²) in [5.41, 5.74) is 1.74. The molecule has 0 saturated heterocycles. The van der Waals surface area contributed by atoms with E-state index in [9.17, 15) is 13.2 Å². The third-order valence-electron chi connectivity index (χ3n) is 4.84. The first-order valence-corrected chi connectivity index (χ1v) is 10.9. The number of benzene rings is 3. The molecule has 1 N–H and O–H groups in total. The van der Waals surface area contributed by atoms with Crippen molar-refractivity contribution in [3.63, 3.8) is 0 Å². The number of rotatable bonds is 7. The van der Waals surface area contributed by atoms with E-state index in [1.165, 1.54) is 23.5 Å². The van der Waals surface area contributed by atoms with Gasteiger partial charge in [-0.3, -0.25) is 9.10 Å². The number of amides is 1. The van der Waals surface area contributed by atoms with Crippen molar-refractivity contribution in [1.82, 2.24) is 5.32 Å². The second-order valence-electron chi connectivity index (χ2n) is 6.80. The van der Waals surface area contributed by atoms with Crippen molar-refractivity contribution < 1.29 is 17.9 Å². The largest absolute Gasteiger partial charge is 0.497 e. The third-order valence-corrected chi connectivity index (χ3v) is 6.62. The van der Waals surface area contributed by atoms with Crippen LogP contribution in [-0.2, 0) is 10.0 Å². The average molecular weight is 425 g/mol. The number of sulfonamides is 1. The minimum atomic E-state index is -3.84. The molecule has 1 amide bonds. The SMILES string of the molecule is COc1ccc(N(C)S(=O)(=O)c2cccc(C(=O)N[C@@H](C)c3ccccc3)c2)cc1. The molecular formula is C23H24N2O4S. The second-order valence-corrected chi connectivity index (χ2v) is 8.77. The van der Waals surface area contributed by atoms with Crippen LogP contribution < -0.4 is 14.4 Å². The molecule has 0 saturated carbocycles. The average Bonchev–Trinajstić information content (AvgIpc) is 2.79. The van der Waals surface area contributed by atoms with Crippen LogP contribution in [0, 0.1) is 0 Å². The summed E-state index contributed by atoms with van der Waals surface area (Å²) < 4.78 is 32.4. The molecule has 0 aliphatic carbocycles.